The van der Waals surface area contributed by atoms with Crippen LogP contribution in [0.2, 0.25) is 0 Å². The zero-order valence-electron chi connectivity index (χ0n) is 24.4. The number of pyridine rings is 1. The summed E-state index contributed by atoms with van der Waals surface area (Å²) in [5.41, 5.74) is 9.41. The van der Waals surface area contributed by atoms with Crippen LogP contribution in [0, 0.1) is 0 Å². The number of aromatic nitrogens is 1. The normalized spacial score (nSPS) is 14.5. The molecule has 1 aliphatic heterocycles. The van der Waals surface area contributed by atoms with Crippen LogP contribution in [0.3, 0.4) is 0 Å². The van der Waals surface area contributed by atoms with Crippen molar-refractivity contribution < 1.29 is 19.2 Å². The highest BCUT2D eigenvalue weighted by Gasteiger charge is 2.33. The molecule has 1 aromatic heterocycles. The number of carbonyl (C=O) groups is 4. The van der Waals surface area contributed by atoms with Crippen LogP contribution >= 0.6 is 0 Å². The van der Waals surface area contributed by atoms with Crippen molar-refractivity contribution in [2.45, 2.75) is 0 Å². The van der Waals surface area contributed by atoms with Gasteiger partial charge in [-0.1, -0.05) is 78.9 Å². The number of anilines is 3. The zero-order chi connectivity index (χ0) is 32.1. The van der Waals surface area contributed by atoms with Gasteiger partial charge in [0.1, 0.15) is 11.6 Å². The molecule has 0 fully saturated rings. The van der Waals surface area contributed by atoms with E-state index in [4.69, 9.17) is 0 Å². The Labute approximate surface area is 267 Å². The summed E-state index contributed by atoms with van der Waals surface area (Å²) in [4.78, 5) is 58.3. The van der Waals surface area contributed by atoms with E-state index in [0.29, 0.717) is 56.4 Å². The molecule has 0 radical (unpaired) electrons. The lowest BCUT2D eigenvalue weighted by Gasteiger charge is -2.29. The lowest BCUT2D eigenvalue weighted by atomic mass is 9.83. The van der Waals surface area contributed by atoms with Crippen LogP contribution < -0.4 is 21.5 Å². The Morgan fingerprint density at radius 1 is 0.532 bits per heavy atom. The van der Waals surface area contributed by atoms with E-state index in [1.807, 2.05) is 6.07 Å². The SMILES string of the molecule is O=C1c2ccccc2C(=O)c2c(NC3=CC(Nc4cccc5c4C(=O)c4ccccc4C5=O)=NN(Nc4ccccn4)N3)cccc21. The Morgan fingerprint density at radius 3 is 1.60 bits per heavy atom. The van der Waals surface area contributed by atoms with E-state index in [0.717, 1.165) is 0 Å². The van der Waals surface area contributed by atoms with Crippen molar-refractivity contribution in [3.8, 4) is 0 Å². The predicted molar refractivity (Wildman–Crippen MR) is 175 cm³/mol. The first-order valence-corrected chi connectivity index (χ1v) is 14.7. The van der Waals surface area contributed by atoms with Crippen LogP contribution in [-0.4, -0.2) is 39.2 Å². The van der Waals surface area contributed by atoms with Gasteiger partial charge in [-0.2, -0.15) is 0 Å². The van der Waals surface area contributed by atoms with Crippen LogP contribution in [0.1, 0.15) is 63.7 Å². The molecule has 226 valence electrons. The zero-order valence-corrected chi connectivity index (χ0v) is 24.4. The summed E-state index contributed by atoms with van der Waals surface area (Å²) in [6.45, 7) is 0. The van der Waals surface area contributed by atoms with Gasteiger partial charge in [0.15, 0.2) is 29.0 Å². The smallest absolute Gasteiger partial charge is 0.196 e. The molecule has 0 saturated carbocycles. The van der Waals surface area contributed by atoms with E-state index in [9.17, 15) is 19.2 Å². The molecule has 3 aliphatic rings. The van der Waals surface area contributed by atoms with Crippen LogP contribution in [0.15, 0.2) is 126 Å². The van der Waals surface area contributed by atoms with Gasteiger partial charge in [0, 0.05) is 45.7 Å². The summed E-state index contributed by atoms with van der Waals surface area (Å²) >= 11 is 0. The monoisotopic (exact) mass is 617 g/mol. The van der Waals surface area contributed by atoms with Crippen molar-refractivity contribution in [3.63, 3.8) is 0 Å². The maximum Gasteiger partial charge on any atom is 0.196 e. The number of hydrogen-bond donors (Lipinski definition) is 4. The average Bonchev–Trinajstić information content (AvgIpc) is 3.10. The summed E-state index contributed by atoms with van der Waals surface area (Å²) in [5, 5.41) is 12.4. The van der Waals surface area contributed by atoms with Gasteiger partial charge in [-0.3, -0.25) is 19.2 Å². The fraction of sp³-hybridized carbons (Fsp3) is 0. The van der Waals surface area contributed by atoms with E-state index in [1.165, 1.54) is 5.23 Å². The second-order valence-corrected chi connectivity index (χ2v) is 10.9. The van der Waals surface area contributed by atoms with Crippen molar-refractivity contribution in [2.24, 2.45) is 5.10 Å². The molecule has 4 aromatic carbocycles. The molecule has 0 bridgehead atoms. The Bertz CT molecular complexity index is 2240. The van der Waals surface area contributed by atoms with Crippen molar-refractivity contribution in [1.29, 1.82) is 0 Å². The quantitative estimate of drug-likeness (QED) is 0.204. The number of hydrazine groups is 2. The van der Waals surface area contributed by atoms with Crippen LogP contribution in [0.4, 0.5) is 17.2 Å². The van der Waals surface area contributed by atoms with E-state index >= 15 is 0 Å². The lowest BCUT2D eigenvalue weighted by molar-refractivity contribution is 0.0979. The van der Waals surface area contributed by atoms with E-state index < -0.39 is 0 Å². The summed E-state index contributed by atoms with van der Waals surface area (Å²) in [6, 6.07) is 28.9. The molecule has 0 unspecified atom stereocenters. The number of rotatable bonds is 5. The summed E-state index contributed by atoms with van der Waals surface area (Å²) < 4.78 is 0. The number of hydrazone groups is 1. The molecule has 2 aliphatic carbocycles. The van der Waals surface area contributed by atoms with Gasteiger partial charge in [0.05, 0.1) is 22.5 Å². The molecule has 47 heavy (non-hydrogen) atoms. The molecule has 4 N–H and O–H groups in total. The molecule has 11 heteroatoms. The molecule has 0 atom stereocenters. The Morgan fingerprint density at radius 2 is 1.04 bits per heavy atom. The van der Waals surface area contributed by atoms with Crippen molar-refractivity contribution in [2.75, 3.05) is 16.1 Å². The van der Waals surface area contributed by atoms with Gasteiger partial charge >= 0.3 is 0 Å². The van der Waals surface area contributed by atoms with Crippen LogP contribution in [0.5, 0.6) is 0 Å². The number of fused-ring (bicyclic) bond motifs is 4. The predicted octanol–water partition coefficient (Wildman–Crippen LogP) is 5.16. The number of nitrogens with zero attached hydrogens (tertiary/aromatic N) is 3. The maximum absolute atomic E-state index is 13.6. The highest BCUT2D eigenvalue weighted by Crippen LogP contribution is 2.34. The first-order chi connectivity index (χ1) is 23.0. The van der Waals surface area contributed by atoms with Gasteiger partial charge in [0.2, 0.25) is 0 Å². The number of carbonyl (C=O) groups excluding carboxylic acids is 4. The number of hydrogen-bond acceptors (Lipinski definition) is 11. The van der Waals surface area contributed by atoms with Crippen LogP contribution in [-0.2, 0) is 0 Å². The summed E-state index contributed by atoms with van der Waals surface area (Å²) in [5.74, 6) is 0.102. The van der Waals surface area contributed by atoms with Crippen LogP contribution in [0.25, 0.3) is 0 Å². The first-order valence-electron chi connectivity index (χ1n) is 14.7. The molecular formula is C36H23N7O4. The molecule has 2 heterocycles. The minimum Gasteiger partial charge on any atom is -0.340 e. The van der Waals surface area contributed by atoms with Crippen molar-refractivity contribution >= 4 is 46.2 Å². The molecular weight excluding hydrogens is 594 g/mol. The summed E-state index contributed by atoms with van der Waals surface area (Å²) in [7, 11) is 0. The second-order valence-electron chi connectivity index (χ2n) is 10.9. The molecule has 0 saturated heterocycles. The molecule has 5 aromatic rings. The van der Waals surface area contributed by atoms with Gasteiger partial charge in [0.25, 0.3) is 0 Å². The van der Waals surface area contributed by atoms with E-state index in [2.05, 4.69) is 31.6 Å². The Hall–Kier alpha value is -6.88. The standard InChI is InChI=1S/C36H23N7O4/c44-33-20-9-1-3-11-22(20)35(46)31-24(33)13-7-15-26(31)38-29-19-30(42-43(41-29)40-28-17-5-6-18-37-28)39-27-16-8-14-25-32(27)36(47)23-12-4-2-10-21(23)34(25)45/h1-19,38,41H,(H,37,40)(H,39,42). The number of benzene rings is 4. The first kappa shape index (κ1) is 27.7. The second kappa shape index (κ2) is 10.9. The molecule has 8 rings (SSSR count). The molecule has 11 nitrogen and oxygen atoms in total. The van der Waals surface area contributed by atoms with E-state index in [-0.39, 0.29) is 40.1 Å². The number of nitrogens with one attached hydrogen (secondary N) is 4. The minimum atomic E-state index is -0.280. The average molecular weight is 618 g/mol. The lowest BCUT2D eigenvalue weighted by Crippen LogP contribution is -2.44. The topological polar surface area (TPSA) is 145 Å². The fourth-order valence-electron chi connectivity index (χ4n) is 5.94. The Kier molecular flexibility index (Phi) is 6.43. The number of amidine groups is 1. The molecule has 0 amide bonds. The highest BCUT2D eigenvalue weighted by molar-refractivity contribution is 6.31. The van der Waals surface area contributed by atoms with Gasteiger partial charge in [-0.05, 0) is 24.3 Å². The summed E-state index contributed by atoms with van der Waals surface area (Å²) in [6.07, 6.45) is 3.26. The van der Waals surface area contributed by atoms with Gasteiger partial charge < -0.3 is 10.6 Å². The third-order valence-electron chi connectivity index (χ3n) is 8.04. The minimum absolute atomic E-state index is 0.235. The molecule has 0 spiro atoms. The number of ketones is 4. The Balaban J connectivity index is 1.17. The van der Waals surface area contributed by atoms with E-state index in [1.54, 1.807) is 109 Å². The highest BCUT2D eigenvalue weighted by atomic mass is 16.1. The fourth-order valence-corrected chi connectivity index (χ4v) is 5.94. The largest absolute Gasteiger partial charge is 0.340 e. The van der Waals surface area contributed by atoms with Crippen molar-refractivity contribution in [1.82, 2.24) is 15.6 Å². The maximum atomic E-state index is 13.6. The third-order valence-corrected chi connectivity index (χ3v) is 8.04. The third kappa shape index (κ3) is 4.70. The van der Waals surface area contributed by atoms with Gasteiger partial charge in [-0.25, -0.2) is 15.8 Å². The van der Waals surface area contributed by atoms with Crippen molar-refractivity contribution in [3.05, 3.63) is 166 Å². The van der Waals surface area contributed by atoms with Gasteiger partial charge in [-0.15, -0.1) is 10.3 Å².